The van der Waals surface area contributed by atoms with Gasteiger partial charge in [-0.15, -0.1) is 11.3 Å². The maximum atomic E-state index is 13.0. The van der Waals surface area contributed by atoms with Crippen LogP contribution in [0.1, 0.15) is 44.4 Å². The maximum absolute atomic E-state index is 13.0. The molecule has 156 valence electrons. The number of benzene rings is 1. The van der Waals surface area contributed by atoms with Gasteiger partial charge >= 0.3 is 0 Å². The average molecular weight is 422 g/mol. The molecular formula is C24H27N3O2S. The van der Waals surface area contributed by atoms with Crippen molar-refractivity contribution in [1.29, 1.82) is 0 Å². The van der Waals surface area contributed by atoms with Crippen LogP contribution in [-0.4, -0.2) is 39.7 Å². The summed E-state index contributed by atoms with van der Waals surface area (Å²) in [5.41, 5.74) is 2.74. The fraction of sp³-hybridized carbons (Fsp3) is 0.417. The highest BCUT2D eigenvalue weighted by molar-refractivity contribution is 7.19. The van der Waals surface area contributed by atoms with Gasteiger partial charge in [0.05, 0.1) is 11.2 Å². The Morgan fingerprint density at radius 2 is 1.87 bits per heavy atom. The summed E-state index contributed by atoms with van der Waals surface area (Å²) in [4.78, 5) is 21.1. The summed E-state index contributed by atoms with van der Waals surface area (Å²) >= 11 is 1.49. The van der Waals surface area contributed by atoms with Gasteiger partial charge in [-0.05, 0) is 83.0 Å². The second kappa shape index (κ2) is 7.67. The van der Waals surface area contributed by atoms with Gasteiger partial charge in [-0.1, -0.05) is 5.57 Å². The number of hydrogen-bond acceptors (Lipinski definition) is 5. The van der Waals surface area contributed by atoms with Gasteiger partial charge in [-0.2, -0.15) is 0 Å². The standard InChI is InChI=1S/C24H27N3O2S/c1-15(2)10-21-13-22-23(30-21)24(28)27(14-25-22)16-6-8-19(9-7-16)29-20-11-17-4-5-18(12-20)26(17)3/h6-10,13-14,17-18,20H,4-5,11-12H2,1-3H3/t17-,18+,20?. The van der Waals surface area contributed by atoms with Crippen molar-refractivity contribution in [2.45, 2.75) is 57.7 Å². The minimum Gasteiger partial charge on any atom is -0.490 e. The van der Waals surface area contributed by atoms with E-state index in [1.165, 1.54) is 29.8 Å². The lowest BCUT2D eigenvalue weighted by Gasteiger charge is -2.36. The first-order valence-electron chi connectivity index (χ1n) is 10.6. The first-order chi connectivity index (χ1) is 14.5. The van der Waals surface area contributed by atoms with Gasteiger partial charge < -0.3 is 9.64 Å². The molecule has 1 unspecified atom stereocenters. The molecule has 0 N–H and O–H groups in total. The zero-order valence-corrected chi connectivity index (χ0v) is 18.5. The lowest BCUT2D eigenvalue weighted by atomic mass is 10.0. The van der Waals surface area contributed by atoms with E-state index >= 15 is 0 Å². The lowest BCUT2D eigenvalue weighted by molar-refractivity contribution is 0.0662. The number of hydrogen-bond donors (Lipinski definition) is 0. The number of rotatable bonds is 4. The smallest absolute Gasteiger partial charge is 0.275 e. The molecule has 0 amide bonds. The second-order valence-corrected chi connectivity index (χ2v) is 9.84. The third-order valence-corrected chi connectivity index (χ3v) is 7.42. The first-order valence-corrected chi connectivity index (χ1v) is 11.4. The average Bonchev–Trinajstić information content (AvgIpc) is 3.19. The van der Waals surface area contributed by atoms with Crippen LogP contribution in [0.2, 0.25) is 0 Å². The van der Waals surface area contributed by atoms with Gasteiger partial charge in [0, 0.05) is 17.0 Å². The molecule has 4 heterocycles. The molecule has 2 aliphatic heterocycles. The fourth-order valence-corrected chi connectivity index (χ4v) is 5.91. The summed E-state index contributed by atoms with van der Waals surface area (Å²) < 4.78 is 8.58. The van der Waals surface area contributed by atoms with E-state index in [0.29, 0.717) is 16.8 Å². The zero-order valence-electron chi connectivity index (χ0n) is 17.7. The number of thiophene rings is 1. The second-order valence-electron chi connectivity index (χ2n) is 8.76. The van der Waals surface area contributed by atoms with E-state index in [4.69, 9.17) is 4.74 Å². The number of allylic oxidation sites excluding steroid dienone is 1. The van der Waals surface area contributed by atoms with E-state index in [1.54, 1.807) is 10.9 Å². The number of piperidine rings is 1. The Kier molecular flexibility index (Phi) is 4.99. The third-order valence-electron chi connectivity index (χ3n) is 6.36. The van der Waals surface area contributed by atoms with Crippen molar-refractivity contribution in [2.75, 3.05) is 7.05 Å². The normalized spacial score (nSPS) is 23.6. The van der Waals surface area contributed by atoms with Crippen molar-refractivity contribution in [3.05, 3.63) is 57.5 Å². The molecule has 6 heteroatoms. The van der Waals surface area contributed by atoms with E-state index in [0.717, 1.165) is 34.7 Å². The van der Waals surface area contributed by atoms with Crippen LogP contribution in [0.25, 0.3) is 22.0 Å². The Morgan fingerprint density at radius 1 is 1.17 bits per heavy atom. The Labute approximate surface area is 180 Å². The molecule has 2 aromatic heterocycles. The van der Waals surface area contributed by atoms with Crippen LogP contribution in [-0.2, 0) is 0 Å². The topological polar surface area (TPSA) is 47.4 Å². The summed E-state index contributed by atoms with van der Waals surface area (Å²) in [5, 5.41) is 0. The summed E-state index contributed by atoms with van der Waals surface area (Å²) in [6.07, 6.45) is 8.76. The zero-order chi connectivity index (χ0) is 20.8. The highest BCUT2D eigenvalue weighted by Gasteiger charge is 2.39. The SMILES string of the molecule is CC(C)=Cc1cc2ncn(-c3ccc(OC4C[C@H]5CC[C@@H](C4)N5C)cc3)c(=O)c2s1. The Morgan fingerprint density at radius 3 is 2.53 bits per heavy atom. The Hall–Kier alpha value is -2.44. The Bertz CT molecular complexity index is 1140. The summed E-state index contributed by atoms with van der Waals surface area (Å²) in [6, 6.07) is 11.1. The van der Waals surface area contributed by atoms with Gasteiger partial charge in [-0.25, -0.2) is 4.98 Å². The number of fused-ring (bicyclic) bond motifs is 3. The number of ether oxygens (including phenoxy) is 1. The van der Waals surface area contributed by atoms with E-state index < -0.39 is 0 Å². The number of nitrogens with zero attached hydrogens (tertiary/aromatic N) is 3. The van der Waals surface area contributed by atoms with Gasteiger partial charge in [-0.3, -0.25) is 9.36 Å². The van der Waals surface area contributed by atoms with Crippen LogP contribution in [0, 0.1) is 0 Å². The third kappa shape index (κ3) is 3.59. The molecule has 30 heavy (non-hydrogen) atoms. The van der Waals surface area contributed by atoms with E-state index in [9.17, 15) is 4.79 Å². The summed E-state index contributed by atoms with van der Waals surface area (Å²) in [7, 11) is 2.24. The van der Waals surface area contributed by atoms with Crippen molar-refractivity contribution >= 4 is 27.6 Å². The van der Waals surface area contributed by atoms with Crippen LogP contribution in [0.15, 0.2) is 47.0 Å². The van der Waals surface area contributed by atoms with E-state index in [2.05, 4.69) is 36.9 Å². The summed E-state index contributed by atoms with van der Waals surface area (Å²) in [5.74, 6) is 0.872. The van der Waals surface area contributed by atoms with Gasteiger partial charge in [0.1, 0.15) is 22.9 Å². The van der Waals surface area contributed by atoms with Gasteiger partial charge in [0.15, 0.2) is 0 Å². The number of aromatic nitrogens is 2. The minimum atomic E-state index is -0.0287. The molecule has 0 aliphatic carbocycles. The van der Waals surface area contributed by atoms with Crippen LogP contribution in [0.3, 0.4) is 0 Å². The van der Waals surface area contributed by atoms with Crippen molar-refractivity contribution in [3.63, 3.8) is 0 Å². The Balaban J connectivity index is 1.36. The molecule has 0 radical (unpaired) electrons. The monoisotopic (exact) mass is 421 g/mol. The molecule has 3 atom stereocenters. The molecule has 2 aliphatic rings. The van der Waals surface area contributed by atoms with Crippen LogP contribution in [0.5, 0.6) is 5.75 Å². The van der Waals surface area contributed by atoms with E-state index in [1.807, 2.05) is 30.3 Å². The molecule has 0 saturated carbocycles. The predicted octanol–water partition coefficient (Wildman–Crippen LogP) is 4.87. The molecule has 2 bridgehead atoms. The first kappa shape index (κ1) is 19.5. The lowest BCUT2D eigenvalue weighted by Crippen LogP contribution is -2.43. The van der Waals surface area contributed by atoms with Gasteiger partial charge in [0.25, 0.3) is 5.56 Å². The maximum Gasteiger partial charge on any atom is 0.275 e. The molecule has 0 spiro atoms. The highest BCUT2D eigenvalue weighted by atomic mass is 32.1. The molecule has 5 rings (SSSR count). The fourth-order valence-electron chi connectivity index (χ4n) is 4.81. The van der Waals surface area contributed by atoms with Crippen molar-refractivity contribution in [2.24, 2.45) is 0 Å². The molecular weight excluding hydrogens is 394 g/mol. The largest absolute Gasteiger partial charge is 0.490 e. The van der Waals surface area contributed by atoms with Crippen LogP contribution >= 0.6 is 11.3 Å². The van der Waals surface area contributed by atoms with Crippen LogP contribution in [0.4, 0.5) is 0 Å². The van der Waals surface area contributed by atoms with Crippen molar-refractivity contribution in [3.8, 4) is 11.4 Å². The molecule has 1 aromatic carbocycles. The minimum absolute atomic E-state index is 0.0287. The quantitative estimate of drug-likeness (QED) is 0.603. The molecule has 3 aromatic rings. The van der Waals surface area contributed by atoms with Gasteiger partial charge in [0.2, 0.25) is 0 Å². The molecule has 2 saturated heterocycles. The highest BCUT2D eigenvalue weighted by Crippen LogP contribution is 2.36. The van der Waals surface area contributed by atoms with E-state index in [-0.39, 0.29) is 11.7 Å². The molecule has 5 nitrogen and oxygen atoms in total. The summed E-state index contributed by atoms with van der Waals surface area (Å²) in [6.45, 7) is 4.10. The van der Waals surface area contributed by atoms with Crippen molar-refractivity contribution < 1.29 is 4.74 Å². The van der Waals surface area contributed by atoms with Crippen molar-refractivity contribution in [1.82, 2.24) is 14.5 Å². The predicted molar refractivity (Wildman–Crippen MR) is 123 cm³/mol. The molecule has 2 fully saturated rings. The van der Waals surface area contributed by atoms with Crippen LogP contribution < -0.4 is 10.3 Å².